The number of rotatable bonds is 2. The van der Waals surface area contributed by atoms with Gasteiger partial charge in [-0.05, 0) is 19.1 Å². The summed E-state index contributed by atoms with van der Waals surface area (Å²) in [5, 5.41) is 1.89. The zero-order valence-electron chi connectivity index (χ0n) is 6.12. The van der Waals surface area contributed by atoms with E-state index in [0.29, 0.717) is 6.04 Å². The first-order valence-electron chi connectivity index (χ1n) is 3.38. The summed E-state index contributed by atoms with van der Waals surface area (Å²) in [6, 6.07) is 6.27. The molecule has 1 aromatic heterocycles. The fourth-order valence-electron chi connectivity index (χ4n) is 0.766. The molecule has 0 fully saturated rings. The van der Waals surface area contributed by atoms with Crippen molar-refractivity contribution in [2.45, 2.75) is 13.0 Å². The Balaban J connectivity index is 2.75. The lowest BCUT2D eigenvalue weighted by Gasteiger charge is -2.08. The molecule has 0 aromatic carbocycles. The molecule has 0 aliphatic heterocycles. The second kappa shape index (κ2) is 3.32. The lowest BCUT2D eigenvalue weighted by atomic mass is 10.2. The van der Waals surface area contributed by atoms with Crippen LogP contribution in [0.4, 0.5) is 0 Å². The first-order chi connectivity index (χ1) is 4.84. The van der Waals surface area contributed by atoms with Gasteiger partial charge in [0.1, 0.15) is 6.04 Å². The third-order valence-corrected chi connectivity index (χ3v) is 1.51. The van der Waals surface area contributed by atoms with Crippen LogP contribution < -0.4 is 5.32 Å². The van der Waals surface area contributed by atoms with Gasteiger partial charge in [-0.1, -0.05) is 6.07 Å². The van der Waals surface area contributed by atoms with Crippen LogP contribution in [0, 0.1) is 7.05 Å². The van der Waals surface area contributed by atoms with Crippen LogP contribution in [-0.2, 0) is 0 Å². The number of aromatic nitrogens is 1. The fourth-order valence-corrected chi connectivity index (χ4v) is 0.766. The Morgan fingerprint density at radius 1 is 1.60 bits per heavy atom. The summed E-state index contributed by atoms with van der Waals surface area (Å²) >= 11 is 0. The van der Waals surface area contributed by atoms with Gasteiger partial charge in [0.05, 0.1) is 5.69 Å². The maximum atomic E-state index is 4.18. The number of nitrogens with two attached hydrogens (primary N) is 1. The van der Waals surface area contributed by atoms with Gasteiger partial charge in [0, 0.05) is 6.20 Å². The molecule has 0 spiro atoms. The summed E-state index contributed by atoms with van der Waals surface area (Å²) in [6.45, 7) is 2.08. The molecule has 0 bridgehead atoms. The minimum absolute atomic E-state index is 0.362. The normalized spacial score (nSPS) is 13.0. The molecule has 54 valence electrons. The largest absolute Gasteiger partial charge is 0.472 e. The predicted octanol–water partition coefficient (Wildman–Crippen LogP) is 0.498. The Morgan fingerprint density at radius 2 is 2.40 bits per heavy atom. The van der Waals surface area contributed by atoms with Crippen molar-refractivity contribution in [3.05, 3.63) is 37.1 Å². The molecule has 0 radical (unpaired) electrons. The summed E-state index contributed by atoms with van der Waals surface area (Å²) in [6.07, 6.45) is 1.80. The summed E-state index contributed by atoms with van der Waals surface area (Å²) in [4.78, 5) is 4.18. The van der Waals surface area contributed by atoms with Crippen molar-refractivity contribution >= 4 is 0 Å². The van der Waals surface area contributed by atoms with Crippen LogP contribution in [0.3, 0.4) is 0 Å². The van der Waals surface area contributed by atoms with Crippen LogP contribution in [-0.4, -0.2) is 4.98 Å². The molecule has 2 nitrogen and oxygen atoms in total. The van der Waals surface area contributed by atoms with E-state index in [9.17, 15) is 0 Å². The zero-order chi connectivity index (χ0) is 7.40. The van der Waals surface area contributed by atoms with Crippen molar-refractivity contribution in [1.29, 1.82) is 0 Å². The SMILES string of the molecule is [CH2-][NH2+]C(C)c1ccccn1. The van der Waals surface area contributed by atoms with Crippen molar-refractivity contribution in [2.24, 2.45) is 0 Å². The number of nitrogens with zero attached hydrogens (tertiary/aromatic N) is 1. The molecular weight excluding hydrogens is 124 g/mol. The Bertz CT molecular complexity index is 184. The third kappa shape index (κ3) is 1.54. The molecule has 0 aliphatic rings. The van der Waals surface area contributed by atoms with Gasteiger partial charge >= 0.3 is 0 Å². The smallest absolute Gasteiger partial charge is 0.102 e. The molecule has 1 unspecified atom stereocenters. The second-order valence-corrected chi connectivity index (χ2v) is 2.28. The highest BCUT2D eigenvalue weighted by Gasteiger charge is 2.01. The Hall–Kier alpha value is -0.890. The molecule has 0 amide bonds. The highest BCUT2D eigenvalue weighted by atomic mass is 14.9. The Kier molecular flexibility index (Phi) is 2.40. The number of pyridine rings is 1. The van der Waals surface area contributed by atoms with E-state index in [1.54, 1.807) is 6.20 Å². The van der Waals surface area contributed by atoms with Crippen LogP contribution in [0.15, 0.2) is 24.4 Å². The number of hydrogen-bond acceptors (Lipinski definition) is 1. The van der Waals surface area contributed by atoms with E-state index in [4.69, 9.17) is 0 Å². The average molecular weight is 136 g/mol. The van der Waals surface area contributed by atoms with Crippen molar-refractivity contribution in [1.82, 2.24) is 4.98 Å². The lowest BCUT2D eigenvalue weighted by Crippen LogP contribution is -2.77. The van der Waals surface area contributed by atoms with Crippen LogP contribution in [0.5, 0.6) is 0 Å². The van der Waals surface area contributed by atoms with Gasteiger partial charge in [-0.3, -0.25) is 4.98 Å². The van der Waals surface area contributed by atoms with E-state index in [1.165, 1.54) is 0 Å². The molecule has 1 atom stereocenters. The highest BCUT2D eigenvalue weighted by Crippen LogP contribution is 2.01. The predicted molar refractivity (Wildman–Crippen MR) is 39.9 cm³/mol. The summed E-state index contributed by atoms with van der Waals surface area (Å²) < 4.78 is 0. The summed E-state index contributed by atoms with van der Waals surface area (Å²) in [7, 11) is 3.70. The molecule has 2 heteroatoms. The van der Waals surface area contributed by atoms with Gasteiger partial charge in [-0.2, -0.15) is 7.05 Å². The summed E-state index contributed by atoms with van der Waals surface area (Å²) in [5.41, 5.74) is 1.08. The van der Waals surface area contributed by atoms with Crippen molar-refractivity contribution < 1.29 is 5.32 Å². The van der Waals surface area contributed by atoms with Crippen LogP contribution in [0.1, 0.15) is 18.7 Å². The molecule has 2 N–H and O–H groups in total. The molecule has 1 aromatic rings. The molecule has 1 rings (SSSR count). The molecule has 0 aliphatic carbocycles. The van der Waals surface area contributed by atoms with Gasteiger partial charge in [0.15, 0.2) is 0 Å². The first kappa shape index (κ1) is 7.22. The molecule has 0 saturated heterocycles. The molecule has 1 heterocycles. The standard InChI is InChI=1S/C8H12N2/c1-7(9-2)8-5-3-4-6-10-8/h3-7H,2,9H2,1H3. The van der Waals surface area contributed by atoms with E-state index < -0.39 is 0 Å². The van der Waals surface area contributed by atoms with E-state index in [1.807, 2.05) is 23.5 Å². The Labute approximate surface area is 61.3 Å². The van der Waals surface area contributed by atoms with Crippen LogP contribution in [0.2, 0.25) is 0 Å². The number of hydrogen-bond donors (Lipinski definition) is 1. The van der Waals surface area contributed by atoms with Gasteiger partial charge in [0.2, 0.25) is 0 Å². The van der Waals surface area contributed by atoms with E-state index in [-0.39, 0.29) is 0 Å². The van der Waals surface area contributed by atoms with E-state index in [0.717, 1.165) is 5.69 Å². The quantitative estimate of drug-likeness (QED) is 0.589. The van der Waals surface area contributed by atoms with Gasteiger partial charge < -0.3 is 5.32 Å². The minimum Gasteiger partial charge on any atom is -0.472 e. The van der Waals surface area contributed by atoms with Gasteiger partial charge in [-0.25, -0.2) is 0 Å². The van der Waals surface area contributed by atoms with Crippen molar-refractivity contribution in [2.75, 3.05) is 0 Å². The third-order valence-electron chi connectivity index (χ3n) is 1.51. The average Bonchev–Trinajstić information content (AvgIpc) is 2.05. The zero-order valence-corrected chi connectivity index (χ0v) is 6.12. The van der Waals surface area contributed by atoms with Gasteiger partial charge in [-0.15, -0.1) is 0 Å². The maximum Gasteiger partial charge on any atom is 0.102 e. The second-order valence-electron chi connectivity index (χ2n) is 2.28. The van der Waals surface area contributed by atoms with Crippen LogP contribution in [0.25, 0.3) is 0 Å². The lowest BCUT2D eigenvalue weighted by molar-refractivity contribution is -0.637. The topological polar surface area (TPSA) is 29.5 Å². The summed E-state index contributed by atoms with van der Waals surface area (Å²) in [5.74, 6) is 0. The van der Waals surface area contributed by atoms with Crippen LogP contribution >= 0.6 is 0 Å². The molecule has 10 heavy (non-hydrogen) atoms. The van der Waals surface area contributed by atoms with E-state index in [2.05, 4.69) is 19.0 Å². The van der Waals surface area contributed by atoms with E-state index >= 15 is 0 Å². The maximum absolute atomic E-state index is 4.18. The minimum atomic E-state index is 0.362. The number of quaternary nitrogens is 1. The monoisotopic (exact) mass is 136 g/mol. The molecule has 0 saturated carbocycles. The fraction of sp³-hybridized carbons (Fsp3) is 0.250. The Morgan fingerprint density at radius 3 is 2.90 bits per heavy atom. The first-order valence-corrected chi connectivity index (χ1v) is 3.38. The van der Waals surface area contributed by atoms with Gasteiger partial charge in [0.25, 0.3) is 0 Å². The van der Waals surface area contributed by atoms with Crippen molar-refractivity contribution in [3.8, 4) is 0 Å². The molecular formula is C8H12N2. The highest BCUT2D eigenvalue weighted by molar-refractivity contribution is 5.04. The van der Waals surface area contributed by atoms with Crippen molar-refractivity contribution in [3.63, 3.8) is 0 Å².